The van der Waals surface area contributed by atoms with Crippen molar-refractivity contribution in [3.05, 3.63) is 34.3 Å². The minimum atomic E-state index is 0. The van der Waals surface area contributed by atoms with Crippen molar-refractivity contribution in [2.24, 2.45) is 5.92 Å². The van der Waals surface area contributed by atoms with Crippen LogP contribution in [0.1, 0.15) is 37.4 Å². The van der Waals surface area contributed by atoms with Gasteiger partial charge < -0.3 is 5.32 Å². The van der Waals surface area contributed by atoms with Crippen LogP contribution >= 0.6 is 36.4 Å². The Morgan fingerprint density at radius 1 is 1.19 bits per heavy atom. The van der Waals surface area contributed by atoms with Crippen LogP contribution in [-0.4, -0.2) is 31.1 Å². The normalized spacial score (nSPS) is 17.0. The van der Waals surface area contributed by atoms with Gasteiger partial charge in [-0.05, 0) is 42.5 Å². The fraction of sp³-hybridized carbons (Fsp3) is 0.625. The summed E-state index contributed by atoms with van der Waals surface area (Å²) in [5, 5.41) is 4.27. The molecule has 0 unspecified atom stereocenters. The van der Waals surface area contributed by atoms with Gasteiger partial charge in [0.25, 0.3) is 0 Å². The molecule has 1 N–H and O–H groups in total. The molecule has 0 amide bonds. The molecule has 0 saturated carbocycles. The van der Waals surface area contributed by atoms with Gasteiger partial charge in [0.15, 0.2) is 0 Å². The van der Waals surface area contributed by atoms with E-state index in [4.69, 9.17) is 11.6 Å². The molecular weight excluding hydrogens is 327 g/mol. The minimum absolute atomic E-state index is 0. The van der Waals surface area contributed by atoms with Gasteiger partial charge in [-0.1, -0.05) is 31.5 Å². The molecule has 1 fully saturated rings. The van der Waals surface area contributed by atoms with Crippen molar-refractivity contribution in [3.63, 3.8) is 0 Å². The lowest BCUT2D eigenvalue weighted by Crippen LogP contribution is -2.45. The lowest BCUT2D eigenvalue weighted by molar-refractivity contribution is 0.153. The number of hydrogen-bond acceptors (Lipinski definition) is 2. The Hall–Kier alpha value is 0.01000. The van der Waals surface area contributed by atoms with Gasteiger partial charge in [-0.3, -0.25) is 4.90 Å². The van der Waals surface area contributed by atoms with Crippen LogP contribution in [0.5, 0.6) is 0 Å². The van der Waals surface area contributed by atoms with Gasteiger partial charge in [0.1, 0.15) is 0 Å². The highest BCUT2D eigenvalue weighted by atomic mass is 35.5. The molecule has 1 aromatic rings. The summed E-state index contributed by atoms with van der Waals surface area (Å²) in [6.45, 7) is 11.3. The second kappa shape index (κ2) is 9.91. The summed E-state index contributed by atoms with van der Waals surface area (Å²) in [5.41, 5.74) is 2.76. The Bertz CT molecular complexity index is 418. The number of rotatable bonds is 4. The van der Waals surface area contributed by atoms with Crippen LogP contribution in [0.4, 0.5) is 0 Å². The summed E-state index contributed by atoms with van der Waals surface area (Å²) < 4.78 is 0. The molecule has 1 atom stereocenters. The predicted octanol–water partition coefficient (Wildman–Crippen LogP) is 4.48. The Morgan fingerprint density at radius 3 is 2.33 bits per heavy atom. The topological polar surface area (TPSA) is 15.3 Å². The van der Waals surface area contributed by atoms with Crippen LogP contribution in [0.25, 0.3) is 0 Å². The molecule has 0 bridgehead atoms. The monoisotopic (exact) mass is 352 g/mol. The first kappa shape index (κ1) is 21.0. The first-order valence-electron chi connectivity index (χ1n) is 7.28. The third-order valence-electron chi connectivity index (χ3n) is 3.88. The zero-order valence-corrected chi connectivity index (χ0v) is 15.5. The molecule has 1 aromatic carbocycles. The first-order chi connectivity index (χ1) is 9.08. The molecule has 2 nitrogen and oxygen atoms in total. The van der Waals surface area contributed by atoms with Crippen LogP contribution in [0.15, 0.2) is 18.2 Å². The molecule has 1 aliphatic rings. The maximum Gasteiger partial charge on any atom is 0.0408 e. The van der Waals surface area contributed by atoms with E-state index >= 15 is 0 Å². The number of benzene rings is 1. The second-order valence-electron chi connectivity index (χ2n) is 5.93. The molecule has 0 aromatic heterocycles. The quantitative estimate of drug-likeness (QED) is 0.858. The van der Waals surface area contributed by atoms with Gasteiger partial charge in [-0.25, -0.2) is 0 Å². The summed E-state index contributed by atoms with van der Waals surface area (Å²) in [6.07, 6.45) is 1.21. The van der Waals surface area contributed by atoms with E-state index in [1.165, 1.54) is 17.5 Å². The van der Waals surface area contributed by atoms with Crippen LogP contribution in [0.2, 0.25) is 5.02 Å². The average Bonchev–Trinajstić information content (AvgIpc) is 2.37. The fourth-order valence-electron chi connectivity index (χ4n) is 2.93. The zero-order valence-electron chi connectivity index (χ0n) is 13.1. The van der Waals surface area contributed by atoms with E-state index in [1.807, 2.05) is 6.07 Å². The summed E-state index contributed by atoms with van der Waals surface area (Å²) in [7, 11) is 0. The van der Waals surface area contributed by atoms with Gasteiger partial charge in [0.2, 0.25) is 0 Å². The first-order valence-corrected chi connectivity index (χ1v) is 7.66. The Kier molecular flexibility index (Phi) is 9.92. The maximum absolute atomic E-state index is 6.09. The summed E-state index contributed by atoms with van der Waals surface area (Å²) in [5.74, 6) is 0.704. The molecule has 1 aliphatic heterocycles. The van der Waals surface area contributed by atoms with Crippen molar-refractivity contribution in [3.8, 4) is 0 Å². The number of aryl methyl sites for hydroxylation is 1. The number of nitrogens with one attached hydrogen (secondary N) is 1. The highest BCUT2D eigenvalue weighted by Crippen LogP contribution is 2.31. The van der Waals surface area contributed by atoms with E-state index in [1.54, 1.807) is 0 Å². The zero-order chi connectivity index (χ0) is 13.8. The number of nitrogens with zero attached hydrogens (tertiary/aromatic N) is 1. The van der Waals surface area contributed by atoms with Crippen molar-refractivity contribution in [1.29, 1.82) is 0 Å². The van der Waals surface area contributed by atoms with E-state index in [0.29, 0.717) is 12.0 Å². The molecule has 0 spiro atoms. The average molecular weight is 354 g/mol. The molecule has 1 heterocycles. The SMILES string of the molecule is Cc1cc(Cl)ccc1[C@@H](CC(C)C)N1CCNCC1.Cl.Cl. The maximum atomic E-state index is 6.09. The molecule has 0 radical (unpaired) electrons. The molecule has 1 saturated heterocycles. The largest absolute Gasteiger partial charge is 0.314 e. The third-order valence-corrected chi connectivity index (χ3v) is 4.11. The van der Waals surface area contributed by atoms with E-state index in [0.717, 1.165) is 31.2 Å². The van der Waals surface area contributed by atoms with Gasteiger partial charge >= 0.3 is 0 Å². The molecule has 0 aliphatic carbocycles. The second-order valence-corrected chi connectivity index (χ2v) is 6.37. The Labute approximate surface area is 146 Å². The smallest absolute Gasteiger partial charge is 0.0408 e. The van der Waals surface area contributed by atoms with Crippen molar-refractivity contribution >= 4 is 36.4 Å². The van der Waals surface area contributed by atoms with Crippen LogP contribution < -0.4 is 5.32 Å². The highest BCUT2D eigenvalue weighted by molar-refractivity contribution is 6.30. The number of piperazine rings is 1. The van der Waals surface area contributed by atoms with Crippen molar-refractivity contribution < 1.29 is 0 Å². The number of hydrogen-bond donors (Lipinski definition) is 1. The molecule has 5 heteroatoms. The summed E-state index contributed by atoms with van der Waals surface area (Å²) in [4.78, 5) is 2.62. The van der Waals surface area contributed by atoms with Crippen LogP contribution in [-0.2, 0) is 0 Å². The molecule has 2 rings (SSSR count). The Morgan fingerprint density at radius 2 is 1.81 bits per heavy atom. The highest BCUT2D eigenvalue weighted by Gasteiger charge is 2.24. The molecule has 21 heavy (non-hydrogen) atoms. The van der Waals surface area contributed by atoms with E-state index in [-0.39, 0.29) is 24.8 Å². The van der Waals surface area contributed by atoms with Crippen molar-refractivity contribution in [2.45, 2.75) is 33.2 Å². The summed E-state index contributed by atoms with van der Waals surface area (Å²) >= 11 is 6.09. The molecule has 122 valence electrons. The number of halogens is 3. The lowest BCUT2D eigenvalue weighted by Gasteiger charge is -2.37. The fourth-order valence-corrected chi connectivity index (χ4v) is 3.15. The van der Waals surface area contributed by atoms with E-state index < -0.39 is 0 Å². The van der Waals surface area contributed by atoms with E-state index in [9.17, 15) is 0 Å². The predicted molar refractivity (Wildman–Crippen MR) is 97.3 cm³/mol. The molecular formula is C16H27Cl3N2. The van der Waals surface area contributed by atoms with Gasteiger partial charge in [0.05, 0.1) is 0 Å². The van der Waals surface area contributed by atoms with Crippen LogP contribution in [0.3, 0.4) is 0 Å². The van der Waals surface area contributed by atoms with Crippen LogP contribution in [0, 0.1) is 12.8 Å². The van der Waals surface area contributed by atoms with Crippen molar-refractivity contribution in [2.75, 3.05) is 26.2 Å². The van der Waals surface area contributed by atoms with E-state index in [2.05, 4.69) is 43.1 Å². The lowest BCUT2D eigenvalue weighted by atomic mass is 9.92. The van der Waals surface area contributed by atoms with Gasteiger partial charge in [-0.15, -0.1) is 24.8 Å². The van der Waals surface area contributed by atoms with Gasteiger partial charge in [-0.2, -0.15) is 0 Å². The third kappa shape index (κ3) is 5.96. The Balaban J connectivity index is 0.00000200. The van der Waals surface area contributed by atoms with Crippen molar-refractivity contribution in [1.82, 2.24) is 10.2 Å². The summed E-state index contributed by atoms with van der Waals surface area (Å²) in [6, 6.07) is 6.86. The van der Waals surface area contributed by atoms with Gasteiger partial charge in [0, 0.05) is 37.2 Å². The standard InChI is InChI=1S/C16H25ClN2.2ClH/c1-12(2)10-16(19-8-6-18-7-9-19)15-5-4-14(17)11-13(15)3;;/h4-5,11-12,16,18H,6-10H2,1-3H3;2*1H/t16-;;/m1../s1. The minimum Gasteiger partial charge on any atom is -0.314 e.